The monoisotopic (exact) mass is 954 g/mol. The van der Waals surface area contributed by atoms with Gasteiger partial charge in [-0.2, -0.15) is 10.4 Å². The van der Waals surface area contributed by atoms with Crippen molar-refractivity contribution < 1.29 is 46.2 Å². The van der Waals surface area contributed by atoms with Crippen molar-refractivity contribution in [1.82, 2.24) is 29.5 Å². The third-order valence-electron chi connectivity index (χ3n) is 14.3. The Labute approximate surface area is 388 Å². The first-order valence-corrected chi connectivity index (χ1v) is 24.2. The third kappa shape index (κ3) is 8.25. The molecule has 4 saturated heterocycles. The minimum absolute atomic E-state index is 0.0357. The maximum absolute atomic E-state index is 15.7. The molecule has 0 unspecified atom stereocenters. The number of rotatable bonds is 10. The SMILES string of the molecule is Cn1nc(N2CCC(=O)NC2=O)c2cc(F)c(N3CCC(O)(CC(=O)N4CCC5(CC4)C[C@@H](n4cnc6ccc(Oc7c(F)ccc(NS(=O)(=O)C8CCC8)c7C#N)cc6c4=O)CO5)CC3)cc21. The number of carbonyl (C=O) groups is 3. The number of urea groups is 1. The predicted octanol–water partition coefficient (Wildman–Crippen LogP) is 4.71. The van der Waals surface area contributed by atoms with Gasteiger partial charge < -0.3 is 24.4 Å². The molecule has 0 radical (unpaired) electrons. The molecule has 4 amide bonds. The number of carbonyl (C=O) groups excluding carboxylic acids is 3. The maximum atomic E-state index is 15.7. The Bertz CT molecular complexity index is 3120. The van der Waals surface area contributed by atoms with Crippen molar-refractivity contribution in [3.8, 4) is 17.6 Å². The van der Waals surface area contributed by atoms with E-state index >= 15 is 8.78 Å². The number of amides is 4. The van der Waals surface area contributed by atoms with Gasteiger partial charge >= 0.3 is 6.03 Å². The van der Waals surface area contributed by atoms with Crippen LogP contribution in [-0.2, 0) is 31.4 Å². The Kier molecular flexibility index (Phi) is 11.4. The number of hydrogen-bond donors (Lipinski definition) is 3. The lowest BCUT2D eigenvalue weighted by atomic mass is 9.85. The maximum Gasteiger partial charge on any atom is 0.329 e. The number of imide groups is 1. The van der Waals surface area contributed by atoms with Gasteiger partial charge in [-0.3, -0.25) is 38.6 Å². The van der Waals surface area contributed by atoms with Crippen LogP contribution in [0.3, 0.4) is 0 Å². The van der Waals surface area contributed by atoms with Crippen LogP contribution in [0.4, 0.5) is 30.8 Å². The van der Waals surface area contributed by atoms with E-state index < -0.39 is 55.4 Å². The summed E-state index contributed by atoms with van der Waals surface area (Å²) in [6, 6.07) is 10.4. The molecular weight excluding hydrogens is 907 g/mol. The lowest BCUT2D eigenvalue weighted by molar-refractivity contribution is -0.142. The second kappa shape index (κ2) is 17.1. The largest absolute Gasteiger partial charge is 0.453 e. The number of piperidine rings is 2. The molecule has 1 spiro atoms. The average Bonchev–Trinajstić information content (AvgIpc) is 3.83. The van der Waals surface area contributed by atoms with Gasteiger partial charge in [0.15, 0.2) is 17.4 Å². The molecule has 6 heterocycles. The minimum Gasteiger partial charge on any atom is -0.453 e. The summed E-state index contributed by atoms with van der Waals surface area (Å²) in [6.07, 6.45) is 5.19. The smallest absolute Gasteiger partial charge is 0.329 e. The van der Waals surface area contributed by atoms with Crippen LogP contribution in [-0.4, -0.2) is 111 Å². The quantitative estimate of drug-likeness (QED) is 0.172. The van der Waals surface area contributed by atoms with Crippen LogP contribution in [0.15, 0.2) is 53.6 Å². The summed E-state index contributed by atoms with van der Waals surface area (Å²) >= 11 is 0. The van der Waals surface area contributed by atoms with Crippen molar-refractivity contribution in [3.05, 3.63) is 76.3 Å². The third-order valence-corrected chi connectivity index (χ3v) is 16.1. The highest BCUT2D eigenvalue weighted by Gasteiger charge is 2.45. The standard InChI is InChI=1S/C46H48F2N10O9S/c1-54-37-21-38(34(48)20-31(37)42(52-54)57-14-9-39(59)51-44(57)62)55-15-10-45(63,11-16-55)23-40(60)56-17-12-46(13-18-56)22-27(25-66-46)58-26-50-35-7-5-28(19-30(35)43(58)61)67-41-32(24-49)36(8-6-33(41)47)53-68(64,65)29-3-2-4-29/h5-8,19-21,26-27,29,53,63H,2-4,9-18,22-23,25H2,1H3,(H,51,59,62)/t27-/m1/s1. The number of aryl methyl sites for hydroxylation is 1. The molecule has 1 atom stereocenters. The fourth-order valence-corrected chi connectivity index (χ4v) is 11.6. The Hall–Kier alpha value is -6.70. The molecular formula is C46H48F2N10O9S. The van der Waals surface area contributed by atoms with E-state index in [2.05, 4.69) is 20.1 Å². The second-order valence-corrected chi connectivity index (χ2v) is 20.5. The van der Waals surface area contributed by atoms with Crippen LogP contribution >= 0.6 is 0 Å². The van der Waals surface area contributed by atoms with Crippen LogP contribution in [0.25, 0.3) is 21.8 Å². The summed E-state index contributed by atoms with van der Waals surface area (Å²) in [4.78, 5) is 61.2. The number of benzene rings is 3. The zero-order valence-electron chi connectivity index (χ0n) is 37.0. The van der Waals surface area contributed by atoms with E-state index in [0.717, 1.165) is 12.5 Å². The van der Waals surface area contributed by atoms with Crippen molar-refractivity contribution in [1.29, 1.82) is 5.26 Å². The van der Waals surface area contributed by atoms with Crippen LogP contribution in [0, 0.1) is 23.0 Å². The fraction of sp³-hybridized carbons (Fsp3) is 0.457. The van der Waals surface area contributed by atoms with Gasteiger partial charge in [0.1, 0.15) is 23.2 Å². The molecule has 0 bridgehead atoms. The number of nitriles is 1. The van der Waals surface area contributed by atoms with Gasteiger partial charge in [-0.25, -0.2) is 27.0 Å². The van der Waals surface area contributed by atoms with E-state index in [0.29, 0.717) is 80.4 Å². The molecule has 3 N–H and O–H groups in total. The molecule has 5 aliphatic rings. The van der Waals surface area contributed by atoms with Crippen LogP contribution in [0.2, 0.25) is 0 Å². The number of hydrogen-bond acceptors (Lipinski definition) is 13. The number of aromatic nitrogens is 4. The molecule has 3 aromatic carbocycles. The summed E-state index contributed by atoms with van der Waals surface area (Å²) in [5.74, 6) is -2.20. The molecule has 10 rings (SSSR count). The van der Waals surface area contributed by atoms with E-state index in [1.807, 2.05) is 11.0 Å². The average molecular weight is 955 g/mol. The van der Waals surface area contributed by atoms with Crippen molar-refractivity contribution >= 4 is 66.9 Å². The van der Waals surface area contributed by atoms with E-state index in [1.54, 1.807) is 22.7 Å². The first kappa shape index (κ1) is 45.1. The summed E-state index contributed by atoms with van der Waals surface area (Å²) in [5.41, 5.74) is -1.48. The van der Waals surface area contributed by atoms with E-state index in [9.17, 15) is 38.0 Å². The molecule has 19 nitrogen and oxygen atoms in total. The van der Waals surface area contributed by atoms with Gasteiger partial charge in [0, 0.05) is 51.6 Å². The van der Waals surface area contributed by atoms with Crippen LogP contribution in [0.5, 0.6) is 11.5 Å². The molecule has 2 aromatic heterocycles. The van der Waals surface area contributed by atoms with E-state index in [4.69, 9.17) is 9.47 Å². The van der Waals surface area contributed by atoms with Crippen molar-refractivity contribution in [2.45, 2.75) is 86.7 Å². The highest BCUT2D eigenvalue weighted by molar-refractivity contribution is 7.93. The summed E-state index contributed by atoms with van der Waals surface area (Å²) in [7, 11) is -2.11. The van der Waals surface area contributed by atoms with Gasteiger partial charge in [-0.05, 0) is 87.4 Å². The summed E-state index contributed by atoms with van der Waals surface area (Å²) in [6.45, 7) is 1.71. The number of sulfonamides is 1. The van der Waals surface area contributed by atoms with Crippen molar-refractivity contribution in [3.63, 3.8) is 0 Å². The number of halogens is 2. The number of nitrogens with one attached hydrogen (secondary N) is 2. The molecule has 356 valence electrons. The predicted molar refractivity (Wildman–Crippen MR) is 243 cm³/mol. The summed E-state index contributed by atoms with van der Waals surface area (Å²) in [5, 5.41) is 28.3. The van der Waals surface area contributed by atoms with Gasteiger partial charge in [-0.15, -0.1) is 0 Å². The highest BCUT2D eigenvalue weighted by atomic mass is 32.2. The Morgan fingerprint density at radius 1 is 1.01 bits per heavy atom. The van der Waals surface area contributed by atoms with Crippen LogP contribution < -0.4 is 30.1 Å². The number of fused-ring (bicyclic) bond motifs is 2. The first-order chi connectivity index (χ1) is 32.5. The molecule has 22 heteroatoms. The number of nitrogens with zero attached hydrogens (tertiary/aromatic N) is 8. The topological polar surface area (TPSA) is 234 Å². The summed E-state index contributed by atoms with van der Waals surface area (Å²) < 4.78 is 74.2. The van der Waals surface area contributed by atoms with Crippen molar-refractivity contribution in [2.24, 2.45) is 7.05 Å². The fourth-order valence-electron chi connectivity index (χ4n) is 10.0. The Balaban J connectivity index is 0.755. The molecule has 1 saturated carbocycles. The minimum atomic E-state index is -3.80. The number of ether oxygens (including phenoxy) is 2. The molecule has 1 aliphatic carbocycles. The first-order valence-electron chi connectivity index (χ1n) is 22.6. The molecule has 5 aromatic rings. The van der Waals surface area contributed by atoms with Crippen LogP contribution in [0.1, 0.15) is 75.8 Å². The van der Waals surface area contributed by atoms with E-state index in [-0.39, 0.29) is 84.9 Å². The second-order valence-electron chi connectivity index (χ2n) is 18.5. The lowest BCUT2D eigenvalue weighted by Crippen LogP contribution is -2.51. The zero-order valence-corrected chi connectivity index (χ0v) is 37.9. The van der Waals surface area contributed by atoms with Gasteiger partial charge in [-0.1, -0.05) is 6.42 Å². The van der Waals surface area contributed by atoms with E-state index in [1.165, 1.54) is 46.1 Å². The lowest BCUT2D eigenvalue weighted by Gasteiger charge is -2.42. The number of aliphatic hydroxyl groups is 1. The zero-order chi connectivity index (χ0) is 47.7. The highest BCUT2D eigenvalue weighted by Crippen LogP contribution is 2.42. The molecule has 68 heavy (non-hydrogen) atoms. The number of likely N-dealkylation sites (tertiary alicyclic amines) is 1. The molecule has 4 aliphatic heterocycles. The Morgan fingerprint density at radius 3 is 2.49 bits per heavy atom. The molecule has 5 fully saturated rings. The van der Waals surface area contributed by atoms with Gasteiger partial charge in [0.05, 0.1) is 69.6 Å². The Morgan fingerprint density at radius 2 is 1.78 bits per heavy atom. The van der Waals surface area contributed by atoms with Gasteiger partial charge in [0.25, 0.3) is 5.56 Å². The number of anilines is 3. The van der Waals surface area contributed by atoms with Gasteiger partial charge in [0.2, 0.25) is 21.8 Å². The van der Waals surface area contributed by atoms with Crippen molar-refractivity contribution in [2.75, 3.05) is 53.9 Å². The normalized spacial score (nSPS) is 20.7.